The first-order valence-corrected chi connectivity index (χ1v) is 10.1. The molecule has 1 saturated heterocycles. The molecule has 2 heterocycles. The first-order valence-electron chi connectivity index (χ1n) is 10.1. The molecule has 2 aromatic carbocycles. The summed E-state index contributed by atoms with van der Waals surface area (Å²) in [7, 11) is 0. The van der Waals surface area contributed by atoms with Crippen molar-refractivity contribution in [3.63, 3.8) is 0 Å². The highest BCUT2D eigenvalue weighted by atomic mass is 19.1. The zero-order valence-corrected chi connectivity index (χ0v) is 16.8. The van der Waals surface area contributed by atoms with Crippen molar-refractivity contribution >= 4 is 5.91 Å². The molecule has 30 heavy (non-hydrogen) atoms. The Morgan fingerprint density at radius 2 is 1.70 bits per heavy atom. The van der Waals surface area contributed by atoms with Crippen molar-refractivity contribution in [3.8, 4) is 5.75 Å². The fraction of sp³-hybridized carbons (Fsp3) is 0.304. The van der Waals surface area contributed by atoms with Gasteiger partial charge in [0.15, 0.2) is 6.61 Å². The molecule has 0 spiro atoms. The van der Waals surface area contributed by atoms with Crippen LogP contribution in [0.25, 0.3) is 0 Å². The molecule has 1 aliphatic rings. The Hall–Kier alpha value is -3.19. The Labute approximate surface area is 175 Å². The van der Waals surface area contributed by atoms with Gasteiger partial charge in [-0.1, -0.05) is 30.3 Å². The van der Waals surface area contributed by atoms with Crippen LogP contribution < -0.4 is 4.74 Å². The second kappa shape index (κ2) is 9.54. The lowest BCUT2D eigenvalue weighted by atomic mass is 10.2. The number of aromatic nitrogens is 2. The van der Waals surface area contributed by atoms with Crippen LogP contribution in [0, 0.1) is 5.82 Å². The molecule has 0 atom stereocenters. The van der Waals surface area contributed by atoms with Gasteiger partial charge in [0.2, 0.25) is 0 Å². The van der Waals surface area contributed by atoms with E-state index in [-0.39, 0.29) is 18.3 Å². The van der Waals surface area contributed by atoms with Gasteiger partial charge in [-0.3, -0.25) is 9.69 Å². The minimum absolute atomic E-state index is 0.0346. The number of carbonyl (C=O) groups excluding carboxylic acids is 1. The van der Waals surface area contributed by atoms with Crippen LogP contribution in [0.4, 0.5) is 4.39 Å². The molecule has 0 aliphatic carbocycles. The average Bonchev–Trinajstić information content (AvgIpc) is 3.21. The summed E-state index contributed by atoms with van der Waals surface area (Å²) in [4.78, 5) is 21.1. The van der Waals surface area contributed by atoms with E-state index in [9.17, 15) is 9.18 Å². The van der Waals surface area contributed by atoms with Crippen molar-refractivity contribution in [2.75, 3.05) is 32.8 Å². The summed E-state index contributed by atoms with van der Waals surface area (Å²) < 4.78 is 20.6. The van der Waals surface area contributed by atoms with Crippen molar-refractivity contribution in [3.05, 3.63) is 84.2 Å². The zero-order valence-electron chi connectivity index (χ0n) is 16.8. The normalized spacial score (nSPS) is 14.6. The molecule has 0 unspecified atom stereocenters. The number of amides is 1. The van der Waals surface area contributed by atoms with E-state index >= 15 is 0 Å². The van der Waals surface area contributed by atoms with Gasteiger partial charge < -0.3 is 14.2 Å². The third-order valence-electron chi connectivity index (χ3n) is 5.26. The second-order valence-corrected chi connectivity index (χ2v) is 7.36. The highest BCUT2D eigenvalue weighted by Crippen LogP contribution is 2.13. The van der Waals surface area contributed by atoms with E-state index in [1.165, 1.54) is 29.8 Å². The smallest absolute Gasteiger partial charge is 0.260 e. The minimum atomic E-state index is -0.325. The lowest BCUT2D eigenvalue weighted by Crippen LogP contribution is -2.49. The number of carbonyl (C=O) groups is 1. The van der Waals surface area contributed by atoms with E-state index in [2.05, 4.69) is 26.6 Å². The molecule has 1 aliphatic heterocycles. The zero-order chi connectivity index (χ0) is 20.8. The number of rotatable bonds is 7. The molecule has 0 saturated carbocycles. The van der Waals surface area contributed by atoms with E-state index < -0.39 is 0 Å². The Morgan fingerprint density at radius 1 is 0.967 bits per heavy atom. The van der Waals surface area contributed by atoms with Gasteiger partial charge in [0, 0.05) is 45.1 Å². The van der Waals surface area contributed by atoms with Crippen LogP contribution in [-0.2, 0) is 17.9 Å². The molecule has 0 radical (unpaired) electrons. The van der Waals surface area contributed by atoms with Crippen LogP contribution >= 0.6 is 0 Å². The molecule has 4 rings (SSSR count). The molecule has 3 aromatic rings. The molecule has 0 bridgehead atoms. The SMILES string of the molecule is O=C(COc1ccc(F)cc1)N1CCN(Cc2nccn2Cc2ccccc2)CC1. The predicted octanol–water partition coefficient (Wildman–Crippen LogP) is 2.79. The largest absolute Gasteiger partial charge is 0.484 e. The second-order valence-electron chi connectivity index (χ2n) is 7.36. The monoisotopic (exact) mass is 408 g/mol. The van der Waals surface area contributed by atoms with Crippen molar-refractivity contribution in [2.24, 2.45) is 0 Å². The number of piperazine rings is 1. The Bertz CT molecular complexity index is 951. The van der Waals surface area contributed by atoms with Crippen LogP contribution in [-0.4, -0.2) is 58.0 Å². The summed E-state index contributed by atoms with van der Waals surface area (Å²) in [6.07, 6.45) is 3.85. The number of ether oxygens (including phenoxy) is 1. The minimum Gasteiger partial charge on any atom is -0.484 e. The summed E-state index contributed by atoms with van der Waals surface area (Å²) >= 11 is 0. The maximum Gasteiger partial charge on any atom is 0.260 e. The first-order chi connectivity index (χ1) is 14.7. The van der Waals surface area contributed by atoms with Crippen molar-refractivity contribution in [1.29, 1.82) is 0 Å². The molecular weight excluding hydrogens is 383 g/mol. The summed E-state index contributed by atoms with van der Waals surface area (Å²) in [6.45, 7) is 4.42. The topological polar surface area (TPSA) is 50.6 Å². The number of nitrogens with zero attached hydrogens (tertiary/aromatic N) is 4. The number of hydrogen-bond donors (Lipinski definition) is 0. The van der Waals surface area contributed by atoms with Gasteiger partial charge in [-0.2, -0.15) is 0 Å². The Balaban J connectivity index is 1.24. The molecule has 1 aromatic heterocycles. The van der Waals surface area contributed by atoms with Crippen LogP contribution in [0.1, 0.15) is 11.4 Å². The molecule has 6 nitrogen and oxygen atoms in total. The van der Waals surface area contributed by atoms with E-state index in [1.54, 1.807) is 0 Å². The number of benzene rings is 2. The fourth-order valence-electron chi connectivity index (χ4n) is 3.54. The number of halogens is 1. The quantitative estimate of drug-likeness (QED) is 0.603. The molecule has 7 heteroatoms. The summed E-state index contributed by atoms with van der Waals surface area (Å²) in [5.74, 6) is 1.14. The maximum atomic E-state index is 12.9. The third kappa shape index (κ3) is 5.24. The van der Waals surface area contributed by atoms with E-state index in [0.29, 0.717) is 18.8 Å². The van der Waals surface area contributed by atoms with Crippen molar-refractivity contribution in [1.82, 2.24) is 19.4 Å². The van der Waals surface area contributed by atoms with Crippen LogP contribution in [0.15, 0.2) is 67.0 Å². The summed E-state index contributed by atoms with van der Waals surface area (Å²) in [6, 6.07) is 16.0. The lowest BCUT2D eigenvalue weighted by Gasteiger charge is -2.34. The van der Waals surface area contributed by atoms with Gasteiger partial charge in [0.05, 0.1) is 6.54 Å². The van der Waals surface area contributed by atoms with E-state index in [0.717, 1.165) is 32.0 Å². The molecule has 1 fully saturated rings. The predicted molar refractivity (Wildman–Crippen MR) is 112 cm³/mol. The standard InChI is InChI=1S/C23H25FN4O2/c24-20-6-8-21(9-7-20)30-18-23(29)27-14-12-26(13-15-27)17-22-25-10-11-28(22)16-19-4-2-1-3-5-19/h1-11H,12-18H2. The van der Waals surface area contributed by atoms with E-state index in [4.69, 9.17) is 4.74 Å². The fourth-order valence-corrected chi connectivity index (χ4v) is 3.54. The Morgan fingerprint density at radius 3 is 2.43 bits per heavy atom. The number of hydrogen-bond acceptors (Lipinski definition) is 4. The van der Waals surface area contributed by atoms with Gasteiger partial charge in [0.25, 0.3) is 5.91 Å². The van der Waals surface area contributed by atoms with Crippen LogP contribution in [0.2, 0.25) is 0 Å². The summed E-state index contributed by atoms with van der Waals surface area (Å²) in [5, 5.41) is 0. The average molecular weight is 408 g/mol. The van der Waals surface area contributed by atoms with Crippen molar-refractivity contribution < 1.29 is 13.9 Å². The first kappa shape index (κ1) is 20.1. The van der Waals surface area contributed by atoms with Gasteiger partial charge in [-0.15, -0.1) is 0 Å². The molecule has 1 amide bonds. The van der Waals surface area contributed by atoms with Crippen LogP contribution in [0.5, 0.6) is 5.75 Å². The summed E-state index contributed by atoms with van der Waals surface area (Å²) in [5.41, 5.74) is 1.24. The van der Waals surface area contributed by atoms with Gasteiger partial charge in [-0.25, -0.2) is 9.37 Å². The molecule has 156 valence electrons. The molecule has 0 N–H and O–H groups in total. The highest BCUT2D eigenvalue weighted by Gasteiger charge is 2.22. The third-order valence-corrected chi connectivity index (χ3v) is 5.26. The lowest BCUT2D eigenvalue weighted by molar-refractivity contribution is -0.135. The Kier molecular flexibility index (Phi) is 6.39. The van der Waals surface area contributed by atoms with Crippen molar-refractivity contribution in [2.45, 2.75) is 13.1 Å². The van der Waals surface area contributed by atoms with Gasteiger partial charge in [0.1, 0.15) is 17.4 Å². The number of imidazole rings is 1. The van der Waals surface area contributed by atoms with Gasteiger partial charge in [-0.05, 0) is 29.8 Å². The van der Waals surface area contributed by atoms with Crippen LogP contribution in [0.3, 0.4) is 0 Å². The van der Waals surface area contributed by atoms with E-state index in [1.807, 2.05) is 35.5 Å². The van der Waals surface area contributed by atoms with Gasteiger partial charge >= 0.3 is 0 Å². The molecular formula is C23H25FN4O2. The highest BCUT2D eigenvalue weighted by molar-refractivity contribution is 5.77. The maximum absolute atomic E-state index is 12.9.